The van der Waals surface area contributed by atoms with Crippen molar-refractivity contribution in [2.24, 2.45) is 0 Å². The minimum atomic E-state index is -0.0183. The van der Waals surface area contributed by atoms with Crippen LogP contribution in [0.25, 0.3) is 11.1 Å². The number of carbonyl (C=O) groups excluding carboxylic acids is 1. The lowest BCUT2D eigenvalue weighted by Gasteiger charge is -2.14. The highest BCUT2D eigenvalue weighted by atomic mass is 16.1. The van der Waals surface area contributed by atoms with Gasteiger partial charge < -0.3 is 5.32 Å². The van der Waals surface area contributed by atoms with Crippen LogP contribution in [0, 0.1) is 0 Å². The predicted octanol–water partition coefficient (Wildman–Crippen LogP) is 4.92. The lowest BCUT2D eigenvalue weighted by Crippen LogP contribution is -2.25. The number of amides is 1. The molecule has 0 unspecified atom stereocenters. The van der Waals surface area contributed by atoms with Gasteiger partial charge in [-0.15, -0.1) is 0 Å². The number of nitrogens with zero attached hydrogens (tertiary/aromatic N) is 1. The third-order valence-corrected chi connectivity index (χ3v) is 5.58. The molecule has 3 aromatic rings. The normalized spacial score (nSPS) is 14.1. The molecule has 1 aliphatic rings. The lowest BCUT2D eigenvalue weighted by atomic mass is 10.0. The Morgan fingerprint density at radius 2 is 1.38 bits per heavy atom. The summed E-state index contributed by atoms with van der Waals surface area (Å²) >= 11 is 0. The second-order valence-corrected chi connectivity index (χ2v) is 7.75. The maximum Gasteiger partial charge on any atom is 0.251 e. The van der Waals surface area contributed by atoms with Crippen molar-refractivity contribution in [3.63, 3.8) is 0 Å². The summed E-state index contributed by atoms with van der Waals surface area (Å²) in [5, 5.41) is 3.03. The average Bonchev–Trinajstić information content (AvgIpc) is 3.29. The molecule has 29 heavy (non-hydrogen) atoms. The van der Waals surface area contributed by atoms with E-state index in [1.54, 1.807) is 0 Å². The van der Waals surface area contributed by atoms with E-state index in [-0.39, 0.29) is 5.91 Å². The van der Waals surface area contributed by atoms with Crippen molar-refractivity contribution < 1.29 is 4.79 Å². The molecule has 1 N–H and O–H groups in total. The fourth-order valence-electron chi connectivity index (χ4n) is 3.88. The van der Waals surface area contributed by atoms with Crippen molar-refractivity contribution in [1.82, 2.24) is 10.2 Å². The Balaban J connectivity index is 1.25. The summed E-state index contributed by atoms with van der Waals surface area (Å²) in [6.45, 7) is 4.14. The zero-order valence-corrected chi connectivity index (χ0v) is 16.8. The number of hydrogen-bond acceptors (Lipinski definition) is 2. The molecule has 0 aliphatic carbocycles. The van der Waals surface area contributed by atoms with Crippen molar-refractivity contribution in [3.05, 3.63) is 95.6 Å². The maximum atomic E-state index is 12.4. The van der Waals surface area contributed by atoms with Crippen LogP contribution in [0.5, 0.6) is 0 Å². The molecule has 0 atom stereocenters. The number of nitrogens with one attached hydrogen (secondary N) is 1. The van der Waals surface area contributed by atoms with Crippen LogP contribution in [0.15, 0.2) is 78.9 Å². The smallest absolute Gasteiger partial charge is 0.251 e. The molecule has 148 valence electrons. The molecule has 1 aliphatic heterocycles. The molecule has 4 rings (SSSR count). The first kappa shape index (κ1) is 19.4. The molecule has 3 nitrogen and oxygen atoms in total. The Morgan fingerprint density at radius 1 is 0.759 bits per heavy atom. The van der Waals surface area contributed by atoms with Crippen LogP contribution < -0.4 is 5.32 Å². The van der Waals surface area contributed by atoms with Crippen LogP contribution in [-0.4, -0.2) is 30.4 Å². The Labute approximate surface area is 173 Å². The van der Waals surface area contributed by atoms with Crippen molar-refractivity contribution in [3.8, 4) is 11.1 Å². The Bertz CT molecular complexity index is 911. The minimum absolute atomic E-state index is 0.0183. The summed E-state index contributed by atoms with van der Waals surface area (Å²) in [5.74, 6) is -0.0183. The highest BCUT2D eigenvalue weighted by Crippen LogP contribution is 2.19. The van der Waals surface area contributed by atoms with Gasteiger partial charge in [0.05, 0.1) is 0 Å². The van der Waals surface area contributed by atoms with Gasteiger partial charge in [0.2, 0.25) is 0 Å². The monoisotopic (exact) mass is 384 g/mol. The standard InChI is InChI=1S/C26H28N2O/c29-26(25-14-12-24(13-15-25)23-6-2-1-3-7-23)27-17-16-21-8-10-22(11-9-21)20-28-18-4-5-19-28/h1-3,6-15H,4-5,16-20H2,(H,27,29). The van der Waals surface area contributed by atoms with Crippen LogP contribution in [0.4, 0.5) is 0 Å². The number of carbonyl (C=O) groups is 1. The number of benzene rings is 3. The quantitative estimate of drug-likeness (QED) is 0.627. The van der Waals surface area contributed by atoms with E-state index in [1.807, 2.05) is 42.5 Å². The van der Waals surface area contributed by atoms with Gasteiger partial charge in [-0.1, -0.05) is 66.7 Å². The van der Waals surface area contributed by atoms with Crippen molar-refractivity contribution in [1.29, 1.82) is 0 Å². The fourth-order valence-corrected chi connectivity index (χ4v) is 3.88. The summed E-state index contributed by atoms with van der Waals surface area (Å²) in [5.41, 5.74) is 5.61. The Hall–Kier alpha value is -2.91. The first-order valence-electron chi connectivity index (χ1n) is 10.5. The molecule has 0 spiro atoms. The van der Waals surface area contributed by atoms with Gasteiger partial charge in [0.15, 0.2) is 0 Å². The summed E-state index contributed by atoms with van der Waals surface area (Å²) in [6, 6.07) is 26.8. The van der Waals surface area contributed by atoms with Crippen LogP contribution in [0.2, 0.25) is 0 Å². The van der Waals surface area contributed by atoms with E-state index < -0.39 is 0 Å². The Kier molecular flexibility index (Phi) is 6.38. The van der Waals surface area contributed by atoms with Crippen molar-refractivity contribution in [2.45, 2.75) is 25.8 Å². The van der Waals surface area contributed by atoms with E-state index >= 15 is 0 Å². The highest BCUT2D eigenvalue weighted by molar-refractivity contribution is 5.94. The van der Waals surface area contributed by atoms with Crippen LogP contribution in [-0.2, 0) is 13.0 Å². The molecule has 1 heterocycles. The van der Waals surface area contributed by atoms with Gasteiger partial charge in [-0.2, -0.15) is 0 Å². The molecular weight excluding hydrogens is 356 g/mol. The van der Waals surface area contributed by atoms with Crippen LogP contribution >= 0.6 is 0 Å². The molecule has 0 bridgehead atoms. The van der Waals surface area contributed by atoms with Crippen molar-refractivity contribution >= 4 is 5.91 Å². The predicted molar refractivity (Wildman–Crippen MR) is 119 cm³/mol. The van der Waals surface area contributed by atoms with Gasteiger partial charge in [0, 0.05) is 18.7 Å². The van der Waals surface area contributed by atoms with E-state index in [4.69, 9.17) is 0 Å². The SMILES string of the molecule is O=C(NCCc1ccc(CN2CCCC2)cc1)c1ccc(-c2ccccc2)cc1. The van der Waals surface area contributed by atoms with Gasteiger partial charge >= 0.3 is 0 Å². The van der Waals surface area contributed by atoms with Crippen molar-refractivity contribution in [2.75, 3.05) is 19.6 Å². The second-order valence-electron chi connectivity index (χ2n) is 7.75. The van der Waals surface area contributed by atoms with Gasteiger partial charge in [0.1, 0.15) is 0 Å². The third kappa shape index (κ3) is 5.33. The largest absolute Gasteiger partial charge is 0.352 e. The molecule has 0 saturated carbocycles. The first-order chi connectivity index (χ1) is 14.3. The minimum Gasteiger partial charge on any atom is -0.352 e. The van der Waals surface area contributed by atoms with Gasteiger partial charge in [0.25, 0.3) is 5.91 Å². The summed E-state index contributed by atoms with van der Waals surface area (Å²) in [6.07, 6.45) is 3.50. The molecule has 1 amide bonds. The fraction of sp³-hybridized carbons (Fsp3) is 0.269. The van der Waals surface area contributed by atoms with E-state index in [2.05, 4.69) is 46.6 Å². The van der Waals surface area contributed by atoms with E-state index in [0.29, 0.717) is 12.1 Å². The van der Waals surface area contributed by atoms with E-state index in [9.17, 15) is 4.79 Å². The Morgan fingerprint density at radius 3 is 2.07 bits per heavy atom. The number of rotatable bonds is 7. The van der Waals surface area contributed by atoms with Gasteiger partial charge in [-0.05, 0) is 66.7 Å². The summed E-state index contributed by atoms with van der Waals surface area (Å²) in [7, 11) is 0. The highest BCUT2D eigenvalue weighted by Gasteiger charge is 2.11. The average molecular weight is 385 g/mol. The molecule has 1 fully saturated rings. The molecule has 0 radical (unpaired) electrons. The molecule has 3 heteroatoms. The lowest BCUT2D eigenvalue weighted by molar-refractivity contribution is 0.0954. The topological polar surface area (TPSA) is 32.3 Å². The van der Waals surface area contributed by atoms with Gasteiger partial charge in [-0.25, -0.2) is 0 Å². The first-order valence-corrected chi connectivity index (χ1v) is 10.5. The van der Waals surface area contributed by atoms with Crippen LogP contribution in [0.1, 0.15) is 34.3 Å². The summed E-state index contributed by atoms with van der Waals surface area (Å²) < 4.78 is 0. The van der Waals surface area contributed by atoms with E-state index in [0.717, 1.165) is 24.1 Å². The van der Waals surface area contributed by atoms with Gasteiger partial charge in [-0.3, -0.25) is 9.69 Å². The number of hydrogen-bond donors (Lipinski definition) is 1. The third-order valence-electron chi connectivity index (χ3n) is 5.58. The molecule has 3 aromatic carbocycles. The molecular formula is C26H28N2O. The zero-order valence-electron chi connectivity index (χ0n) is 16.8. The molecule has 0 aromatic heterocycles. The molecule has 1 saturated heterocycles. The number of likely N-dealkylation sites (tertiary alicyclic amines) is 1. The van der Waals surface area contributed by atoms with Crippen LogP contribution in [0.3, 0.4) is 0 Å². The zero-order chi connectivity index (χ0) is 19.9. The summed E-state index contributed by atoms with van der Waals surface area (Å²) in [4.78, 5) is 14.9. The maximum absolute atomic E-state index is 12.4. The second kappa shape index (κ2) is 9.53. The van der Waals surface area contributed by atoms with E-state index in [1.165, 1.54) is 37.1 Å².